The van der Waals surface area contributed by atoms with Gasteiger partial charge in [0.2, 0.25) is 0 Å². The molecule has 0 spiro atoms. The number of nitrogens with zero attached hydrogens (tertiary/aromatic N) is 2. The number of hydrogen-bond acceptors (Lipinski definition) is 4. The van der Waals surface area contributed by atoms with Crippen LogP contribution in [0.2, 0.25) is 0 Å². The Hall–Kier alpha value is -1.13. The molecule has 0 bridgehead atoms. The smallest absolute Gasteiger partial charge is 0.0853 e. The fraction of sp³-hybridized carbons (Fsp3) is 0.583. The summed E-state index contributed by atoms with van der Waals surface area (Å²) in [5.41, 5.74) is 1.79. The molecule has 0 atom stereocenters. The summed E-state index contributed by atoms with van der Waals surface area (Å²) in [7, 11) is 0. The molecule has 0 radical (unpaired) electrons. The number of likely N-dealkylation sites (N-methyl/N-ethyl adjacent to an activating group) is 1. The Morgan fingerprint density at radius 1 is 1.44 bits per heavy atom. The van der Waals surface area contributed by atoms with Gasteiger partial charge in [0.1, 0.15) is 0 Å². The fourth-order valence-corrected chi connectivity index (χ4v) is 1.54. The zero-order chi connectivity index (χ0) is 11.8. The predicted octanol–water partition coefficient (Wildman–Crippen LogP) is 1.44. The zero-order valence-electron chi connectivity index (χ0n) is 10.0. The van der Waals surface area contributed by atoms with Gasteiger partial charge in [-0.25, -0.2) is 0 Å². The van der Waals surface area contributed by atoms with E-state index in [1.54, 1.807) is 6.20 Å². The summed E-state index contributed by atoms with van der Waals surface area (Å²) in [6.07, 6.45) is 1.73. The van der Waals surface area contributed by atoms with Crippen molar-refractivity contribution in [3.05, 3.63) is 24.0 Å². The van der Waals surface area contributed by atoms with Crippen molar-refractivity contribution in [3.63, 3.8) is 0 Å². The van der Waals surface area contributed by atoms with Crippen LogP contribution in [0.3, 0.4) is 0 Å². The van der Waals surface area contributed by atoms with Gasteiger partial charge in [0.15, 0.2) is 0 Å². The van der Waals surface area contributed by atoms with Gasteiger partial charge in [-0.1, -0.05) is 0 Å². The fourth-order valence-electron chi connectivity index (χ4n) is 1.54. The number of ether oxygens (including phenoxy) is 1. The van der Waals surface area contributed by atoms with Gasteiger partial charge >= 0.3 is 0 Å². The molecule has 0 unspecified atom stereocenters. The van der Waals surface area contributed by atoms with Crippen LogP contribution < -0.4 is 4.90 Å². The highest BCUT2D eigenvalue weighted by Crippen LogP contribution is 2.14. The SMILES string of the molecule is CCOCCN(CC)c1ccnc(CO)c1. The minimum atomic E-state index is -0.0170. The highest BCUT2D eigenvalue weighted by molar-refractivity contribution is 5.46. The molecule has 4 nitrogen and oxygen atoms in total. The molecule has 16 heavy (non-hydrogen) atoms. The summed E-state index contributed by atoms with van der Waals surface area (Å²) >= 11 is 0. The second-order valence-electron chi connectivity index (χ2n) is 3.44. The molecule has 0 saturated heterocycles. The van der Waals surface area contributed by atoms with Crippen molar-refractivity contribution in [2.75, 3.05) is 31.2 Å². The van der Waals surface area contributed by atoms with Crippen LogP contribution in [-0.2, 0) is 11.3 Å². The van der Waals surface area contributed by atoms with E-state index >= 15 is 0 Å². The van der Waals surface area contributed by atoms with E-state index < -0.39 is 0 Å². The highest BCUT2D eigenvalue weighted by atomic mass is 16.5. The third kappa shape index (κ3) is 3.79. The Morgan fingerprint density at radius 2 is 2.25 bits per heavy atom. The second-order valence-corrected chi connectivity index (χ2v) is 3.44. The molecule has 4 heteroatoms. The Bertz CT molecular complexity index is 305. The molecule has 90 valence electrons. The van der Waals surface area contributed by atoms with E-state index in [-0.39, 0.29) is 6.61 Å². The molecular formula is C12H20N2O2. The summed E-state index contributed by atoms with van der Waals surface area (Å²) < 4.78 is 5.34. The molecular weight excluding hydrogens is 204 g/mol. The molecule has 1 N–H and O–H groups in total. The maximum absolute atomic E-state index is 9.02. The van der Waals surface area contributed by atoms with Gasteiger partial charge in [0.25, 0.3) is 0 Å². The Balaban J connectivity index is 2.62. The summed E-state index contributed by atoms with van der Waals surface area (Å²) in [5.74, 6) is 0. The van der Waals surface area contributed by atoms with Gasteiger partial charge in [0, 0.05) is 31.6 Å². The molecule has 0 saturated carbocycles. The lowest BCUT2D eigenvalue weighted by Crippen LogP contribution is -2.27. The van der Waals surface area contributed by atoms with E-state index in [4.69, 9.17) is 9.84 Å². The molecule has 0 amide bonds. The van der Waals surface area contributed by atoms with Crippen molar-refractivity contribution in [2.24, 2.45) is 0 Å². The topological polar surface area (TPSA) is 45.6 Å². The van der Waals surface area contributed by atoms with Crippen LogP contribution in [0.4, 0.5) is 5.69 Å². The van der Waals surface area contributed by atoms with Crippen molar-refractivity contribution in [1.82, 2.24) is 4.98 Å². The maximum Gasteiger partial charge on any atom is 0.0853 e. The minimum Gasteiger partial charge on any atom is -0.390 e. The third-order valence-corrected chi connectivity index (χ3v) is 2.42. The molecule has 1 aromatic heterocycles. The number of aliphatic hydroxyl groups excluding tert-OH is 1. The van der Waals surface area contributed by atoms with E-state index in [9.17, 15) is 0 Å². The first kappa shape index (κ1) is 12.9. The van der Waals surface area contributed by atoms with Crippen LogP contribution in [0.1, 0.15) is 19.5 Å². The first-order valence-electron chi connectivity index (χ1n) is 5.70. The van der Waals surface area contributed by atoms with Gasteiger partial charge in [-0.2, -0.15) is 0 Å². The van der Waals surface area contributed by atoms with Gasteiger partial charge in [-0.05, 0) is 26.0 Å². The first-order valence-corrected chi connectivity index (χ1v) is 5.70. The van der Waals surface area contributed by atoms with Gasteiger partial charge in [0.05, 0.1) is 18.9 Å². The number of aliphatic hydroxyl groups is 1. The summed E-state index contributed by atoms with van der Waals surface area (Å²) in [6.45, 7) is 7.33. The van der Waals surface area contributed by atoms with E-state index in [1.165, 1.54) is 0 Å². The average molecular weight is 224 g/mol. The predicted molar refractivity (Wildman–Crippen MR) is 64.5 cm³/mol. The summed E-state index contributed by atoms with van der Waals surface area (Å²) in [5, 5.41) is 9.02. The molecule has 1 heterocycles. The molecule has 0 aromatic carbocycles. The molecule has 1 rings (SSSR count). The van der Waals surface area contributed by atoms with Crippen molar-refractivity contribution in [2.45, 2.75) is 20.5 Å². The van der Waals surface area contributed by atoms with Crippen LogP contribution in [0.5, 0.6) is 0 Å². The van der Waals surface area contributed by atoms with E-state index in [0.29, 0.717) is 5.69 Å². The number of hydrogen-bond donors (Lipinski definition) is 1. The van der Waals surface area contributed by atoms with Crippen LogP contribution in [-0.4, -0.2) is 36.4 Å². The number of rotatable bonds is 7. The maximum atomic E-state index is 9.02. The average Bonchev–Trinajstić information content (AvgIpc) is 2.35. The third-order valence-electron chi connectivity index (χ3n) is 2.42. The Kier molecular flexibility index (Phi) is 5.82. The molecule has 1 aromatic rings. The molecule has 0 fully saturated rings. The van der Waals surface area contributed by atoms with Crippen LogP contribution in [0.25, 0.3) is 0 Å². The number of aromatic nitrogens is 1. The molecule has 0 aliphatic heterocycles. The summed E-state index contributed by atoms with van der Waals surface area (Å²) in [6, 6.07) is 3.87. The van der Waals surface area contributed by atoms with Crippen molar-refractivity contribution in [1.29, 1.82) is 0 Å². The largest absolute Gasteiger partial charge is 0.390 e. The monoisotopic (exact) mass is 224 g/mol. The quantitative estimate of drug-likeness (QED) is 0.712. The van der Waals surface area contributed by atoms with Crippen molar-refractivity contribution < 1.29 is 9.84 Å². The Labute approximate surface area is 96.9 Å². The van der Waals surface area contributed by atoms with Crippen LogP contribution in [0, 0.1) is 0 Å². The van der Waals surface area contributed by atoms with E-state index in [1.807, 2.05) is 19.1 Å². The van der Waals surface area contributed by atoms with Crippen molar-refractivity contribution in [3.8, 4) is 0 Å². The van der Waals surface area contributed by atoms with Gasteiger partial charge in [-0.15, -0.1) is 0 Å². The van der Waals surface area contributed by atoms with Gasteiger partial charge in [-0.3, -0.25) is 4.98 Å². The van der Waals surface area contributed by atoms with Crippen molar-refractivity contribution >= 4 is 5.69 Å². The van der Waals surface area contributed by atoms with E-state index in [0.717, 1.165) is 32.0 Å². The Morgan fingerprint density at radius 3 is 2.88 bits per heavy atom. The lowest BCUT2D eigenvalue weighted by Gasteiger charge is -2.23. The standard InChI is InChI=1S/C12H20N2O2/c1-3-14(7-8-16-4-2)12-5-6-13-11(9-12)10-15/h5-6,9,15H,3-4,7-8,10H2,1-2H3. The first-order chi connectivity index (χ1) is 7.81. The van der Waals surface area contributed by atoms with Crippen LogP contribution in [0.15, 0.2) is 18.3 Å². The lowest BCUT2D eigenvalue weighted by atomic mass is 10.3. The molecule has 0 aliphatic rings. The second kappa shape index (κ2) is 7.19. The minimum absolute atomic E-state index is 0.0170. The lowest BCUT2D eigenvalue weighted by molar-refractivity contribution is 0.154. The van der Waals surface area contributed by atoms with Crippen LogP contribution >= 0.6 is 0 Å². The van der Waals surface area contributed by atoms with Gasteiger partial charge < -0.3 is 14.7 Å². The normalized spacial score (nSPS) is 10.4. The highest BCUT2D eigenvalue weighted by Gasteiger charge is 2.04. The molecule has 0 aliphatic carbocycles. The summed E-state index contributed by atoms with van der Waals surface area (Å²) in [4.78, 5) is 6.27. The number of pyridine rings is 1. The van der Waals surface area contributed by atoms with E-state index in [2.05, 4.69) is 16.8 Å². The number of anilines is 1. The zero-order valence-corrected chi connectivity index (χ0v) is 10.0.